The van der Waals surface area contributed by atoms with Gasteiger partial charge in [0.2, 0.25) is 0 Å². The van der Waals surface area contributed by atoms with E-state index in [1.807, 2.05) is 0 Å². The Morgan fingerprint density at radius 3 is 2.90 bits per heavy atom. The van der Waals surface area contributed by atoms with E-state index in [0.29, 0.717) is 6.04 Å². The molecule has 1 aromatic heterocycles. The van der Waals surface area contributed by atoms with Gasteiger partial charge in [0.05, 0.1) is 6.54 Å². The maximum Gasteiger partial charge on any atom is 0.194 e. The number of aliphatic imine (C=N–C) groups is 1. The zero-order valence-electron chi connectivity index (χ0n) is 13.3. The largest absolute Gasteiger partial charge is 0.353 e. The maximum atomic E-state index is 4.63. The second-order valence-electron chi connectivity index (χ2n) is 5.80. The SMILES string of the molecule is CCCC1CC1NC(=NCC)N(C)Cc1cccn1C. The van der Waals surface area contributed by atoms with Crippen molar-refractivity contribution in [2.24, 2.45) is 18.0 Å². The molecule has 0 bridgehead atoms. The van der Waals surface area contributed by atoms with Crippen LogP contribution >= 0.6 is 0 Å². The van der Waals surface area contributed by atoms with Crippen molar-refractivity contribution in [1.29, 1.82) is 0 Å². The highest BCUT2D eigenvalue weighted by molar-refractivity contribution is 5.80. The number of nitrogens with one attached hydrogen (secondary N) is 1. The summed E-state index contributed by atoms with van der Waals surface area (Å²) in [6.45, 7) is 6.07. The van der Waals surface area contributed by atoms with Gasteiger partial charge in [0.25, 0.3) is 0 Å². The van der Waals surface area contributed by atoms with Crippen LogP contribution in [0, 0.1) is 5.92 Å². The van der Waals surface area contributed by atoms with Gasteiger partial charge in [0, 0.05) is 38.6 Å². The first kappa shape index (κ1) is 14.9. The predicted molar refractivity (Wildman–Crippen MR) is 84.8 cm³/mol. The second kappa shape index (κ2) is 6.82. The minimum atomic E-state index is 0.635. The summed E-state index contributed by atoms with van der Waals surface area (Å²) in [5.74, 6) is 1.89. The lowest BCUT2D eigenvalue weighted by molar-refractivity contribution is 0.457. The maximum absolute atomic E-state index is 4.63. The van der Waals surface area contributed by atoms with Crippen LogP contribution in [0.4, 0.5) is 0 Å². The quantitative estimate of drug-likeness (QED) is 0.640. The molecule has 0 amide bonds. The molecule has 0 aromatic carbocycles. The highest BCUT2D eigenvalue weighted by Crippen LogP contribution is 2.34. The molecule has 1 aliphatic carbocycles. The first-order valence-corrected chi connectivity index (χ1v) is 7.78. The van der Waals surface area contributed by atoms with Crippen molar-refractivity contribution in [2.75, 3.05) is 13.6 Å². The van der Waals surface area contributed by atoms with Crippen LogP contribution in [0.2, 0.25) is 0 Å². The van der Waals surface area contributed by atoms with E-state index in [2.05, 4.69) is 66.0 Å². The number of aryl methyl sites for hydroxylation is 1. The Labute approximate surface area is 122 Å². The van der Waals surface area contributed by atoms with E-state index >= 15 is 0 Å². The molecule has 1 N–H and O–H groups in total. The fourth-order valence-corrected chi connectivity index (χ4v) is 2.68. The number of nitrogens with zero attached hydrogens (tertiary/aromatic N) is 3. The van der Waals surface area contributed by atoms with Crippen LogP contribution in [0.5, 0.6) is 0 Å². The molecule has 0 spiro atoms. The van der Waals surface area contributed by atoms with Gasteiger partial charge in [-0.2, -0.15) is 0 Å². The zero-order chi connectivity index (χ0) is 14.5. The first-order chi connectivity index (χ1) is 9.65. The van der Waals surface area contributed by atoms with Gasteiger partial charge in [-0.05, 0) is 37.8 Å². The van der Waals surface area contributed by atoms with E-state index < -0.39 is 0 Å². The average molecular weight is 276 g/mol. The molecular weight excluding hydrogens is 248 g/mol. The molecule has 0 radical (unpaired) electrons. The zero-order valence-corrected chi connectivity index (χ0v) is 13.3. The average Bonchev–Trinajstić information content (AvgIpc) is 3.02. The standard InChI is InChI=1S/C16H28N4/c1-5-8-13-11-15(13)18-16(17-6-2)20(4)12-14-9-7-10-19(14)3/h7,9-10,13,15H,5-6,8,11-12H2,1-4H3,(H,17,18). The van der Waals surface area contributed by atoms with E-state index in [9.17, 15) is 0 Å². The molecule has 2 unspecified atom stereocenters. The molecule has 1 aliphatic rings. The molecule has 0 aliphatic heterocycles. The van der Waals surface area contributed by atoms with Crippen molar-refractivity contribution in [2.45, 2.75) is 45.7 Å². The van der Waals surface area contributed by atoms with E-state index in [0.717, 1.165) is 25.0 Å². The molecule has 1 fully saturated rings. The van der Waals surface area contributed by atoms with Crippen LogP contribution in [0.1, 0.15) is 38.8 Å². The highest BCUT2D eigenvalue weighted by Gasteiger charge is 2.37. The summed E-state index contributed by atoms with van der Waals surface area (Å²) >= 11 is 0. The Morgan fingerprint density at radius 1 is 1.50 bits per heavy atom. The molecule has 20 heavy (non-hydrogen) atoms. The molecule has 0 saturated heterocycles. The molecular formula is C16H28N4. The van der Waals surface area contributed by atoms with Crippen LogP contribution in [0.25, 0.3) is 0 Å². The summed E-state index contributed by atoms with van der Waals surface area (Å²) < 4.78 is 2.16. The molecule has 1 heterocycles. The third-order valence-electron chi connectivity index (χ3n) is 4.02. The lowest BCUT2D eigenvalue weighted by atomic mass is 10.2. The lowest BCUT2D eigenvalue weighted by Crippen LogP contribution is -2.40. The van der Waals surface area contributed by atoms with Gasteiger partial charge in [-0.3, -0.25) is 4.99 Å². The third kappa shape index (κ3) is 3.78. The van der Waals surface area contributed by atoms with Crippen molar-refractivity contribution in [1.82, 2.24) is 14.8 Å². The van der Waals surface area contributed by atoms with E-state index in [1.165, 1.54) is 25.0 Å². The van der Waals surface area contributed by atoms with Crippen molar-refractivity contribution < 1.29 is 0 Å². The van der Waals surface area contributed by atoms with Crippen LogP contribution in [-0.2, 0) is 13.6 Å². The van der Waals surface area contributed by atoms with Crippen molar-refractivity contribution in [3.8, 4) is 0 Å². The molecule has 1 saturated carbocycles. The number of hydrogen-bond donors (Lipinski definition) is 1. The van der Waals surface area contributed by atoms with Crippen LogP contribution in [-0.4, -0.2) is 35.1 Å². The van der Waals surface area contributed by atoms with Crippen molar-refractivity contribution in [3.63, 3.8) is 0 Å². The van der Waals surface area contributed by atoms with Gasteiger partial charge in [-0.25, -0.2) is 0 Å². The normalized spacial score (nSPS) is 21.9. The number of hydrogen-bond acceptors (Lipinski definition) is 1. The lowest BCUT2D eigenvalue weighted by Gasteiger charge is -2.23. The summed E-state index contributed by atoms with van der Waals surface area (Å²) in [7, 11) is 4.21. The van der Waals surface area contributed by atoms with Crippen molar-refractivity contribution in [3.05, 3.63) is 24.0 Å². The van der Waals surface area contributed by atoms with E-state index in [-0.39, 0.29) is 0 Å². The predicted octanol–water partition coefficient (Wildman–Crippen LogP) is 2.61. The van der Waals surface area contributed by atoms with E-state index in [1.54, 1.807) is 0 Å². The number of guanidine groups is 1. The summed E-state index contributed by atoms with van der Waals surface area (Å²) in [6.07, 6.45) is 6.00. The summed E-state index contributed by atoms with van der Waals surface area (Å²) in [5.41, 5.74) is 1.30. The molecule has 4 nitrogen and oxygen atoms in total. The topological polar surface area (TPSA) is 32.6 Å². The van der Waals surface area contributed by atoms with Crippen LogP contribution in [0.15, 0.2) is 23.3 Å². The number of aromatic nitrogens is 1. The van der Waals surface area contributed by atoms with Crippen LogP contribution in [0.3, 0.4) is 0 Å². The summed E-state index contributed by atoms with van der Waals surface area (Å²) in [6, 6.07) is 4.89. The Morgan fingerprint density at radius 2 is 2.30 bits per heavy atom. The molecule has 2 atom stereocenters. The highest BCUT2D eigenvalue weighted by atomic mass is 15.3. The summed E-state index contributed by atoms with van der Waals surface area (Å²) in [5, 5.41) is 3.63. The van der Waals surface area contributed by atoms with Gasteiger partial charge in [-0.1, -0.05) is 13.3 Å². The fraction of sp³-hybridized carbons (Fsp3) is 0.688. The second-order valence-corrected chi connectivity index (χ2v) is 5.80. The Balaban J connectivity index is 1.91. The molecule has 4 heteroatoms. The smallest absolute Gasteiger partial charge is 0.194 e. The van der Waals surface area contributed by atoms with Gasteiger partial charge in [-0.15, -0.1) is 0 Å². The Hall–Kier alpha value is -1.45. The Bertz CT molecular complexity index is 449. The van der Waals surface area contributed by atoms with Crippen molar-refractivity contribution >= 4 is 5.96 Å². The van der Waals surface area contributed by atoms with E-state index in [4.69, 9.17) is 0 Å². The van der Waals surface area contributed by atoms with Gasteiger partial charge >= 0.3 is 0 Å². The monoisotopic (exact) mass is 276 g/mol. The minimum absolute atomic E-state index is 0.635. The number of rotatable bonds is 6. The first-order valence-electron chi connectivity index (χ1n) is 7.78. The van der Waals surface area contributed by atoms with Gasteiger partial charge < -0.3 is 14.8 Å². The third-order valence-corrected chi connectivity index (χ3v) is 4.02. The molecule has 1 aromatic rings. The van der Waals surface area contributed by atoms with Gasteiger partial charge in [0.15, 0.2) is 5.96 Å². The fourth-order valence-electron chi connectivity index (χ4n) is 2.68. The minimum Gasteiger partial charge on any atom is -0.353 e. The molecule has 112 valence electrons. The van der Waals surface area contributed by atoms with Crippen LogP contribution < -0.4 is 5.32 Å². The molecule has 2 rings (SSSR count). The summed E-state index contributed by atoms with van der Waals surface area (Å²) in [4.78, 5) is 6.85. The Kier molecular flexibility index (Phi) is 5.10. The van der Waals surface area contributed by atoms with Gasteiger partial charge in [0.1, 0.15) is 0 Å².